The van der Waals surface area contributed by atoms with Gasteiger partial charge >= 0.3 is 39.5 Å². The summed E-state index contributed by atoms with van der Waals surface area (Å²) in [7, 11) is -10.1. The van der Waals surface area contributed by atoms with Gasteiger partial charge in [-0.2, -0.15) is 0 Å². The fraction of sp³-hybridized carbons (Fsp3) is 0.516. The molecule has 3 N–H and O–H groups in total. The van der Waals surface area contributed by atoms with Gasteiger partial charge in [0.25, 0.3) is 0 Å². The number of carbonyl (C=O) groups is 4. The third-order valence-corrected chi connectivity index (χ3v) is 17.2. The number of ether oxygens (including phenoxy) is 4. The van der Waals surface area contributed by atoms with Crippen molar-refractivity contribution in [2.75, 3.05) is 39.6 Å². The highest BCUT2D eigenvalue weighted by molar-refractivity contribution is 7.47. The molecule has 0 aromatic heterocycles. The SMILES string of the molecule is CC/C=C\C/C=C\C/C=C\C/C=C\C/C=C\C/C=C\CCC(=O)OCC(COP(=O)(O)OCC(O)COP(=O)(O)OCC(COC(=O)CCCCC/C=C\C/C=C\C/C=C\C/C=C\C/C=C\CC)OC(=O)CCCC/C=C\C/C=C\C/C=C\C/C=C\CC)OC(=O)CCC/C=C\C/C=C\C/C=C\C/C=C\C/C=C\CC. The largest absolute Gasteiger partial charge is 0.472 e. The van der Waals surface area contributed by atoms with E-state index >= 15 is 0 Å². The van der Waals surface area contributed by atoms with E-state index in [0.29, 0.717) is 44.9 Å². The summed E-state index contributed by atoms with van der Waals surface area (Å²) in [4.78, 5) is 73.1. The maximum atomic E-state index is 13.1. The summed E-state index contributed by atoms with van der Waals surface area (Å²) in [6.45, 7) is 4.12. The van der Waals surface area contributed by atoms with E-state index < -0.39 is 97.5 Å². The highest BCUT2D eigenvalue weighted by Gasteiger charge is 2.30. The minimum absolute atomic E-state index is 0.0110. The number of phosphoric ester groups is 2. The molecule has 110 heavy (non-hydrogen) atoms. The molecule has 5 unspecified atom stereocenters. The van der Waals surface area contributed by atoms with Crippen molar-refractivity contribution in [1.82, 2.24) is 0 Å². The summed E-state index contributed by atoms with van der Waals surface area (Å²) >= 11 is 0. The van der Waals surface area contributed by atoms with Gasteiger partial charge in [0.2, 0.25) is 0 Å². The Morgan fingerprint density at radius 1 is 0.255 bits per heavy atom. The van der Waals surface area contributed by atoms with Gasteiger partial charge in [-0.1, -0.05) is 277 Å². The molecule has 0 aliphatic rings. The van der Waals surface area contributed by atoms with Crippen LogP contribution in [0.4, 0.5) is 0 Å². The number of carbonyl (C=O) groups excluding carboxylic acids is 4. The molecule has 0 aromatic carbocycles. The summed E-state index contributed by atoms with van der Waals surface area (Å²) < 4.78 is 68.4. The first-order valence-electron chi connectivity index (χ1n) is 40.3. The number of rotatable bonds is 72. The maximum Gasteiger partial charge on any atom is 0.472 e. The standard InChI is InChI=1S/C91H138O17P2/c1-5-9-13-17-21-25-29-33-37-40-42-45-48-51-55-59-63-67-71-75-88(93)101-81-86(107-90(95)77-73-69-65-61-57-53-47-36-32-28-24-20-16-12-8-4)83-105-109(97,98)103-79-85(92)80-104-110(99,100)106-84-87(108-91(96)78-74-70-66-62-58-54-50-44-39-35-31-27-23-19-15-11-7-3)82-102-89(94)76-72-68-64-60-56-52-49-46-43-41-38-34-30-26-22-18-14-10-6-2/h9-16,21-28,33-39,42-43,45-47,50-52,54-57,61-62,64,66,68,85-87,92H,5-8,17-20,29-32,40-41,44,48-49,53,58-60,63,65,67,69-84H2,1-4H3,(H,97,98)(H,99,100)/b13-9-,14-10-,15-11-,16-12-,25-21-,26-22-,27-23-,28-24-,37-33-,38-34-,39-35-,45-42-,46-43-,47-36-,54-50-,55-51-,56-52-,61-57-,66-62-,68-64-. The Morgan fingerprint density at radius 2 is 0.473 bits per heavy atom. The number of allylic oxidation sites excluding steroid dienone is 40. The van der Waals surface area contributed by atoms with Crippen molar-refractivity contribution >= 4 is 39.5 Å². The predicted octanol–water partition coefficient (Wildman–Crippen LogP) is 24.0. The van der Waals surface area contributed by atoms with Crippen molar-refractivity contribution in [2.24, 2.45) is 0 Å². The highest BCUT2D eigenvalue weighted by Crippen LogP contribution is 2.45. The van der Waals surface area contributed by atoms with Crippen LogP contribution < -0.4 is 0 Å². The summed E-state index contributed by atoms with van der Waals surface area (Å²) in [5.41, 5.74) is 0. The predicted molar refractivity (Wildman–Crippen MR) is 454 cm³/mol. The molecule has 0 fully saturated rings. The van der Waals surface area contributed by atoms with E-state index in [4.69, 9.17) is 37.0 Å². The molecule has 0 bridgehead atoms. The van der Waals surface area contributed by atoms with E-state index in [-0.39, 0.29) is 25.7 Å². The second-order valence-corrected chi connectivity index (χ2v) is 28.4. The van der Waals surface area contributed by atoms with Crippen molar-refractivity contribution in [3.05, 3.63) is 243 Å². The Balaban J connectivity index is 5.59. The molecule has 0 amide bonds. The molecule has 5 atom stereocenters. The topological polar surface area (TPSA) is 237 Å². The minimum atomic E-state index is -5.03. The van der Waals surface area contributed by atoms with Crippen LogP contribution in [-0.2, 0) is 65.4 Å². The van der Waals surface area contributed by atoms with E-state index in [2.05, 4.69) is 234 Å². The summed E-state index contributed by atoms with van der Waals surface area (Å²) in [6, 6.07) is 0. The first kappa shape index (κ1) is 103. The van der Waals surface area contributed by atoms with Crippen molar-refractivity contribution < 1.29 is 80.2 Å². The van der Waals surface area contributed by atoms with Crippen LogP contribution in [0.3, 0.4) is 0 Å². The molecule has 19 heteroatoms. The van der Waals surface area contributed by atoms with Crippen LogP contribution in [0.25, 0.3) is 0 Å². The molecule has 0 aliphatic carbocycles. The molecule has 0 rings (SSSR count). The molecule has 0 heterocycles. The summed E-state index contributed by atoms with van der Waals surface area (Å²) in [5.74, 6) is -2.46. The zero-order valence-corrected chi connectivity index (χ0v) is 68.9. The smallest absolute Gasteiger partial charge is 0.462 e. The lowest BCUT2D eigenvalue weighted by Crippen LogP contribution is -2.30. The molecule has 0 aromatic rings. The van der Waals surface area contributed by atoms with Gasteiger partial charge in [0.1, 0.15) is 19.3 Å². The van der Waals surface area contributed by atoms with Gasteiger partial charge in [0.05, 0.1) is 26.4 Å². The monoisotopic (exact) mass is 1560 g/mol. The molecule has 0 radical (unpaired) electrons. The van der Waals surface area contributed by atoms with E-state index in [1.165, 1.54) is 0 Å². The molecule has 0 saturated carbocycles. The average Bonchev–Trinajstić information content (AvgIpc) is 0.906. The third-order valence-electron chi connectivity index (χ3n) is 15.3. The van der Waals surface area contributed by atoms with Crippen molar-refractivity contribution in [1.29, 1.82) is 0 Å². The Labute approximate surface area is 663 Å². The zero-order valence-electron chi connectivity index (χ0n) is 67.1. The van der Waals surface area contributed by atoms with Crippen molar-refractivity contribution in [3.8, 4) is 0 Å². The van der Waals surface area contributed by atoms with Crippen molar-refractivity contribution in [2.45, 2.75) is 264 Å². The molecule has 0 spiro atoms. The van der Waals surface area contributed by atoms with Crippen LogP contribution >= 0.6 is 15.6 Å². The lowest BCUT2D eigenvalue weighted by Gasteiger charge is -2.21. The fourth-order valence-corrected chi connectivity index (χ4v) is 10.9. The average molecular weight is 1570 g/mol. The van der Waals surface area contributed by atoms with Crippen LogP contribution in [0.1, 0.15) is 246 Å². The van der Waals surface area contributed by atoms with Gasteiger partial charge in [-0.3, -0.25) is 37.3 Å². The zero-order chi connectivity index (χ0) is 80.3. The van der Waals surface area contributed by atoms with E-state index in [1.807, 2.05) is 36.5 Å². The number of hydrogen-bond donors (Lipinski definition) is 3. The van der Waals surface area contributed by atoms with Gasteiger partial charge in [-0.05, 0) is 186 Å². The number of hydrogen-bond acceptors (Lipinski definition) is 15. The second-order valence-electron chi connectivity index (χ2n) is 25.5. The number of unbranched alkanes of at least 4 members (excludes halogenated alkanes) is 6. The lowest BCUT2D eigenvalue weighted by molar-refractivity contribution is -0.161. The molecule has 0 aliphatic heterocycles. The summed E-state index contributed by atoms with van der Waals surface area (Å²) in [6.07, 6.45) is 105. The van der Waals surface area contributed by atoms with Gasteiger partial charge in [-0.15, -0.1) is 0 Å². The molecule has 0 saturated heterocycles. The van der Waals surface area contributed by atoms with Crippen LogP contribution in [0.2, 0.25) is 0 Å². The van der Waals surface area contributed by atoms with Gasteiger partial charge in [0, 0.05) is 25.7 Å². The number of aliphatic hydroxyl groups is 1. The van der Waals surface area contributed by atoms with E-state index in [0.717, 1.165) is 148 Å². The van der Waals surface area contributed by atoms with Crippen LogP contribution in [-0.4, -0.2) is 96.7 Å². The maximum absolute atomic E-state index is 13.1. The van der Waals surface area contributed by atoms with Crippen LogP contribution in [0.5, 0.6) is 0 Å². The van der Waals surface area contributed by atoms with Gasteiger partial charge in [-0.25, -0.2) is 9.13 Å². The number of esters is 4. The Kier molecular flexibility index (Phi) is 74.7. The van der Waals surface area contributed by atoms with Gasteiger partial charge in [0.15, 0.2) is 12.2 Å². The minimum Gasteiger partial charge on any atom is -0.462 e. The number of aliphatic hydroxyl groups excluding tert-OH is 1. The molecular formula is C91H138O17P2. The van der Waals surface area contributed by atoms with E-state index in [1.54, 1.807) is 0 Å². The molecule has 614 valence electrons. The normalized spacial score (nSPS) is 15.1. The quantitative estimate of drug-likeness (QED) is 0.0169. The van der Waals surface area contributed by atoms with Crippen molar-refractivity contribution in [3.63, 3.8) is 0 Å². The molecule has 17 nitrogen and oxygen atoms in total. The fourth-order valence-electron chi connectivity index (χ4n) is 9.36. The molecular weight excluding hydrogens is 1430 g/mol. The third kappa shape index (κ3) is 79.0. The summed E-state index contributed by atoms with van der Waals surface area (Å²) in [5, 5.41) is 10.7. The Bertz CT molecular complexity index is 3050. The van der Waals surface area contributed by atoms with Crippen LogP contribution in [0.15, 0.2) is 243 Å². The van der Waals surface area contributed by atoms with Crippen LogP contribution in [0, 0.1) is 0 Å². The van der Waals surface area contributed by atoms with E-state index in [9.17, 15) is 43.2 Å². The number of phosphoric acid groups is 2. The Morgan fingerprint density at radius 3 is 0.773 bits per heavy atom. The highest BCUT2D eigenvalue weighted by atomic mass is 31.2. The van der Waals surface area contributed by atoms with Gasteiger partial charge < -0.3 is 33.8 Å². The lowest BCUT2D eigenvalue weighted by atomic mass is 10.1. The second kappa shape index (κ2) is 79.9. The Hall–Kier alpha value is -7.14. The first-order chi connectivity index (χ1) is 53.7. The first-order valence-corrected chi connectivity index (χ1v) is 43.3.